The Labute approximate surface area is 204 Å². The van der Waals surface area contributed by atoms with Gasteiger partial charge in [-0.15, -0.1) is 0 Å². The normalized spacial score (nSPS) is 13.4. The lowest BCUT2D eigenvalue weighted by Gasteiger charge is -2.19. The standard InChI is InChI=1S/C25H21F2N5O4/c1-35-21-15-31(18-10-9-17(14-20(18)36-25(26)27)30-13-5-8-22(30)33)29-23(24(21)34)19-11-12-28-32(19)16-6-3-2-4-7-16/h2-4,6-7,9-12,14-15,25H,5,8,13H2,1H3. The minimum Gasteiger partial charge on any atom is -0.491 e. The van der Waals surface area contributed by atoms with Crippen molar-refractivity contribution < 1.29 is 23.0 Å². The zero-order valence-corrected chi connectivity index (χ0v) is 19.2. The maximum absolute atomic E-state index is 13.3. The van der Waals surface area contributed by atoms with E-state index in [1.54, 1.807) is 16.8 Å². The fraction of sp³-hybridized carbons (Fsp3) is 0.200. The van der Waals surface area contributed by atoms with Crippen molar-refractivity contribution in [2.24, 2.45) is 0 Å². The lowest BCUT2D eigenvalue weighted by Crippen LogP contribution is -2.24. The monoisotopic (exact) mass is 493 g/mol. The third-order valence-electron chi connectivity index (χ3n) is 5.78. The van der Waals surface area contributed by atoms with Crippen molar-refractivity contribution in [3.63, 3.8) is 0 Å². The molecule has 2 aromatic carbocycles. The van der Waals surface area contributed by atoms with Crippen LogP contribution in [0.2, 0.25) is 0 Å². The van der Waals surface area contributed by atoms with Crippen LogP contribution in [0.25, 0.3) is 22.8 Å². The third kappa shape index (κ3) is 4.30. The van der Waals surface area contributed by atoms with Gasteiger partial charge in [0, 0.05) is 24.7 Å². The van der Waals surface area contributed by atoms with E-state index in [1.807, 2.05) is 30.3 Å². The summed E-state index contributed by atoms with van der Waals surface area (Å²) in [5, 5.41) is 8.76. The minimum atomic E-state index is -3.12. The largest absolute Gasteiger partial charge is 0.491 e. The zero-order valence-electron chi connectivity index (χ0n) is 19.2. The van der Waals surface area contributed by atoms with Gasteiger partial charge in [-0.05, 0) is 36.8 Å². The van der Waals surface area contributed by atoms with Crippen LogP contribution >= 0.6 is 0 Å². The van der Waals surface area contributed by atoms with E-state index in [4.69, 9.17) is 9.47 Å². The third-order valence-corrected chi connectivity index (χ3v) is 5.78. The number of carbonyl (C=O) groups excluding carboxylic acids is 1. The molecule has 0 aliphatic carbocycles. The predicted molar refractivity (Wildman–Crippen MR) is 127 cm³/mol. The SMILES string of the molecule is COc1cn(-c2ccc(N3CCCC3=O)cc2OC(F)F)nc(-c2ccnn2-c2ccccc2)c1=O. The van der Waals surface area contributed by atoms with Crippen molar-refractivity contribution in [2.45, 2.75) is 19.5 Å². The molecule has 0 spiro atoms. The van der Waals surface area contributed by atoms with E-state index in [9.17, 15) is 18.4 Å². The molecule has 1 amide bonds. The number of hydrogen-bond donors (Lipinski definition) is 0. The number of alkyl halides is 2. The van der Waals surface area contributed by atoms with Gasteiger partial charge in [-0.1, -0.05) is 18.2 Å². The molecule has 1 aliphatic heterocycles. The van der Waals surface area contributed by atoms with Gasteiger partial charge >= 0.3 is 6.61 Å². The molecule has 0 saturated carbocycles. The zero-order chi connectivity index (χ0) is 25.2. The molecule has 1 fully saturated rings. The average Bonchev–Trinajstić information content (AvgIpc) is 3.54. The minimum absolute atomic E-state index is 0.00232. The molecule has 3 heterocycles. The van der Waals surface area contributed by atoms with Crippen LogP contribution in [0.4, 0.5) is 14.5 Å². The molecule has 11 heteroatoms. The summed E-state index contributed by atoms with van der Waals surface area (Å²) in [6.07, 6.45) is 3.90. The maximum Gasteiger partial charge on any atom is 0.387 e. The van der Waals surface area contributed by atoms with E-state index in [0.717, 1.165) is 0 Å². The predicted octanol–water partition coefficient (Wildman–Crippen LogP) is 3.82. The number of halogens is 2. The van der Waals surface area contributed by atoms with Gasteiger partial charge in [0.2, 0.25) is 5.91 Å². The summed E-state index contributed by atoms with van der Waals surface area (Å²) in [6, 6.07) is 15.3. The quantitative estimate of drug-likeness (QED) is 0.389. The van der Waals surface area contributed by atoms with Crippen LogP contribution in [0.5, 0.6) is 11.5 Å². The summed E-state index contributed by atoms with van der Waals surface area (Å²) >= 11 is 0. The Morgan fingerprint density at radius 3 is 2.50 bits per heavy atom. The fourth-order valence-corrected chi connectivity index (χ4v) is 4.13. The lowest BCUT2D eigenvalue weighted by molar-refractivity contribution is -0.117. The summed E-state index contributed by atoms with van der Waals surface area (Å²) in [4.78, 5) is 26.8. The number of anilines is 1. The smallest absolute Gasteiger partial charge is 0.387 e. The van der Waals surface area contributed by atoms with Crippen molar-refractivity contribution in [3.8, 4) is 34.3 Å². The highest BCUT2D eigenvalue weighted by Crippen LogP contribution is 2.32. The number of ether oxygens (including phenoxy) is 2. The highest BCUT2D eigenvalue weighted by atomic mass is 19.3. The van der Waals surface area contributed by atoms with Gasteiger partial charge in [-0.2, -0.15) is 19.0 Å². The first kappa shape index (κ1) is 23.2. The van der Waals surface area contributed by atoms with Crippen LogP contribution < -0.4 is 19.8 Å². The number of rotatable bonds is 7. The Kier molecular flexibility index (Phi) is 6.19. The van der Waals surface area contributed by atoms with Crippen LogP contribution in [0.3, 0.4) is 0 Å². The number of benzene rings is 2. The molecule has 0 radical (unpaired) electrons. The van der Waals surface area contributed by atoms with Crippen LogP contribution in [0.15, 0.2) is 71.8 Å². The summed E-state index contributed by atoms with van der Waals surface area (Å²) in [7, 11) is 1.33. The van der Waals surface area contributed by atoms with Crippen molar-refractivity contribution in [1.82, 2.24) is 19.6 Å². The number of methoxy groups -OCH3 is 1. The second-order valence-corrected chi connectivity index (χ2v) is 7.96. The molecule has 0 N–H and O–H groups in total. The molecule has 2 aromatic heterocycles. The highest BCUT2D eigenvalue weighted by molar-refractivity contribution is 5.95. The van der Waals surface area contributed by atoms with Crippen LogP contribution in [0, 0.1) is 0 Å². The first-order chi connectivity index (χ1) is 17.5. The van der Waals surface area contributed by atoms with E-state index in [2.05, 4.69) is 10.2 Å². The number of hydrogen-bond acceptors (Lipinski definition) is 6. The first-order valence-electron chi connectivity index (χ1n) is 11.1. The maximum atomic E-state index is 13.3. The summed E-state index contributed by atoms with van der Waals surface area (Å²) in [5.41, 5.74) is 1.16. The van der Waals surface area contributed by atoms with E-state index in [-0.39, 0.29) is 28.8 Å². The Morgan fingerprint density at radius 1 is 1.00 bits per heavy atom. The van der Waals surface area contributed by atoms with Gasteiger partial charge in [0.1, 0.15) is 5.69 Å². The molecule has 0 bridgehead atoms. The van der Waals surface area contributed by atoms with E-state index < -0.39 is 12.0 Å². The van der Waals surface area contributed by atoms with Gasteiger partial charge in [-0.25, -0.2) is 9.36 Å². The Hall–Kier alpha value is -4.54. The van der Waals surface area contributed by atoms with Gasteiger partial charge in [0.05, 0.1) is 30.9 Å². The topological polar surface area (TPSA) is 91.5 Å². The Morgan fingerprint density at radius 2 is 1.81 bits per heavy atom. The summed E-state index contributed by atoms with van der Waals surface area (Å²) < 4.78 is 39.5. The molecule has 1 saturated heterocycles. The van der Waals surface area contributed by atoms with Gasteiger partial charge < -0.3 is 14.4 Å². The Balaban J connectivity index is 1.66. The van der Waals surface area contributed by atoms with Crippen molar-refractivity contribution in [3.05, 3.63) is 77.2 Å². The van der Waals surface area contributed by atoms with Crippen LogP contribution in [-0.2, 0) is 4.79 Å². The van der Waals surface area contributed by atoms with Crippen molar-refractivity contribution in [1.29, 1.82) is 0 Å². The highest BCUT2D eigenvalue weighted by Gasteiger charge is 2.25. The number of carbonyl (C=O) groups is 1. The molecular weight excluding hydrogens is 472 g/mol. The van der Waals surface area contributed by atoms with E-state index >= 15 is 0 Å². The molecule has 36 heavy (non-hydrogen) atoms. The van der Waals surface area contributed by atoms with Crippen LogP contribution in [-0.4, -0.2) is 45.7 Å². The number of aromatic nitrogens is 4. The fourth-order valence-electron chi connectivity index (χ4n) is 4.13. The van der Waals surface area contributed by atoms with Gasteiger partial charge in [-0.3, -0.25) is 9.59 Å². The molecule has 0 atom stereocenters. The van der Waals surface area contributed by atoms with Gasteiger partial charge in [0.15, 0.2) is 17.2 Å². The van der Waals surface area contributed by atoms with Gasteiger partial charge in [0.25, 0.3) is 5.43 Å². The second kappa shape index (κ2) is 9.61. The molecule has 184 valence electrons. The van der Waals surface area contributed by atoms with E-state index in [1.165, 1.54) is 41.2 Å². The Bertz CT molecular complexity index is 1470. The van der Waals surface area contributed by atoms with Crippen molar-refractivity contribution in [2.75, 3.05) is 18.6 Å². The number of para-hydroxylation sites is 1. The molecule has 1 aliphatic rings. The molecule has 4 aromatic rings. The lowest BCUT2D eigenvalue weighted by atomic mass is 10.2. The molecule has 9 nitrogen and oxygen atoms in total. The molecule has 0 unspecified atom stereocenters. The summed E-state index contributed by atoms with van der Waals surface area (Å²) in [6.45, 7) is -2.63. The second-order valence-electron chi connectivity index (χ2n) is 7.96. The summed E-state index contributed by atoms with van der Waals surface area (Å²) in [5.74, 6) is -0.351. The van der Waals surface area contributed by atoms with Crippen LogP contribution in [0.1, 0.15) is 12.8 Å². The first-order valence-corrected chi connectivity index (χ1v) is 11.1. The van der Waals surface area contributed by atoms with Crippen molar-refractivity contribution >= 4 is 11.6 Å². The average molecular weight is 493 g/mol. The number of nitrogens with zero attached hydrogens (tertiary/aromatic N) is 5. The van der Waals surface area contributed by atoms with E-state index in [0.29, 0.717) is 36.5 Å². The molecule has 5 rings (SSSR count). The number of amides is 1. The molecular formula is C25H21F2N5O4.